The lowest BCUT2D eigenvalue weighted by Gasteiger charge is -2.35. The molecule has 0 saturated heterocycles. The topological polar surface area (TPSA) is 78.6 Å². The van der Waals surface area contributed by atoms with Crippen LogP contribution in [0.4, 0.5) is 0 Å². The van der Waals surface area contributed by atoms with Crippen LogP contribution in [-0.4, -0.2) is 35.1 Å². The molecule has 2 atom stereocenters. The number of halogens is 1. The molecule has 4 N–H and O–H groups in total. The molecule has 0 aromatic heterocycles. The molecule has 21 heavy (non-hydrogen) atoms. The van der Waals surface area contributed by atoms with Crippen LogP contribution in [0.5, 0.6) is 0 Å². The number of nitrogens with two attached hydrogens (primary N) is 1. The van der Waals surface area contributed by atoms with E-state index in [1.54, 1.807) is 12.1 Å². The van der Waals surface area contributed by atoms with Crippen molar-refractivity contribution in [2.24, 2.45) is 5.84 Å². The van der Waals surface area contributed by atoms with Crippen LogP contribution < -0.4 is 11.3 Å². The Labute approximate surface area is 133 Å². The maximum absolute atomic E-state index is 11.5. The fourth-order valence-electron chi connectivity index (χ4n) is 2.89. The van der Waals surface area contributed by atoms with Gasteiger partial charge in [-0.25, -0.2) is 5.84 Å². The summed E-state index contributed by atoms with van der Waals surface area (Å²) in [4.78, 5) is 13.7. The first kappa shape index (κ1) is 16.4. The Hall–Kier alpha value is -0.950. The average molecular weight is 356 g/mol. The van der Waals surface area contributed by atoms with Crippen LogP contribution in [0.2, 0.25) is 0 Å². The van der Waals surface area contributed by atoms with Gasteiger partial charge in [0.25, 0.3) is 5.91 Å². The highest BCUT2D eigenvalue weighted by molar-refractivity contribution is 9.10. The van der Waals surface area contributed by atoms with Crippen LogP contribution in [-0.2, 0) is 6.54 Å². The zero-order valence-corrected chi connectivity index (χ0v) is 13.8. The third-order valence-electron chi connectivity index (χ3n) is 4.13. The SMILES string of the molecule is CN(Cc1ccc(C(=O)NN)cc1Br)C1CCCCC1O. The van der Waals surface area contributed by atoms with E-state index < -0.39 is 0 Å². The summed E-state index contributed by atoms with van der Waals surface area (Å²) in [6, 6.07) is 5.65. The molecular weight excluding hydrogens is 334 g/mol. The lowest BCUT2D eigenvalue weighted by molar-refractivity contribution is 0.0287. The monoisotopic (exact) mass is 355 g/mol. The van der Waals surface area contributed by atoms with E-state index in [-0.39, 0.29) is 18.1 Å². The first-order chi connectivity index (χ1) is 10.0. The molecule has 2 unspecified atom stereocenters. The lowest BCUT2D eigenvalue weighted by atomic mass is 9.91. The van der Waals surface area contributed by atoms with E-state index >= 15 is 0 Å². The number of nitrogen functional groups attached to an aromatic ring is 1. The van der Waals surface area contributed by atoms with Gasteiger partial charge in [-0.15, -0.1) is 0 Å². The number of nitrogens with zero attached hydrogens (tertiary/aromatic N) is 1. The van der Waals surface area contributed by atoms with E-state index in [0.717, 1.165) is 35.8 Å². The van der Waals surface area contributed by atoms with Crippen molar-refractivity contribution in [3.63, 3.8) is 0 Å². The number of carbonyl (C=O) groups is 1. The van der Waals surface area contributed by atoms with Crippen LogP contribution in [0.25, 0.3) is 0 Å². The number of rotatable bonds is 4. The van der Waals surface area contributed by atoms with Crippen LogP contribution in [0.15, 0.2) is 22.7 Å². The summed E-state index contributed by atoms with van der Waals surface area (Å²) in [6.07, 6.45) is 3.94. The second kappa shape index (κ2) is 7.35. The highest BCUT2D eigenvalue weighted by atomic mass is 79.9. The third-order valence-corrected chi connectivity index (χ3v) is 4.86. The van der Waals surface area contributed by atoms with Crippen molar-refractivity contribution in [3.05, 3.63) is 33.8 Å². The number of aliphatic hydroxyl groups excluding tert-OH is 1. The summed E-state index contributed by atoms with van der Waals surface area (Å²) in [5.41, 5.74) is 3.73. The van der Waals surface area contributed by atoms with Gasteiger partial charge in [0, 0.05) is 22.6 Å². The fraction of sp³-hybridized carbons (Fsp3) is 0.533. The minimum atomic E-state index is -0.307. The number of likely N-dealkylation sites (N-methyl/N-ethyl adjacent to an activating group) is 1. The van der Waals surface area contributed by atoms with Crippen LogP contribution in [0.3, 0.4) is 0 Å². The van der Waals surface area contributed by atoms with E-state index in [2.05, 4.69) is 26.3 Å². The summed E-state index contributed by atoms with van der Waals surface area (Å²) in [7, 11) is 2.03. The summed E-state index contributed by atoms with van der Waals surface area (Å²) in [6.45, 7) is 0.729. The van der Waals surface area contributed by atoms with Crippen molar-refractivity contribution in [1.29, 1.82) is 0 Å². The summed E-state index contributed by atoms with van der Waals surface area (Å²) in [5, 5.41) is 10.1. The van der Waals surface area contributed by atoms with Crippen molar-refractivity contribution >= 4 is 21.8 Å². The summed E-state index contributed by atoms with van der Waals surface area (Å²) < 4.78 is 0.876. The van der Waals surface area contributed by atoms with Crippen molar-refractivity contribution < 1.29 is 9.90 Å². The number of hydrazine groups is 1. The van der Waals surface area contributed by atoms with E-state index in [1.807, 2.05) is 13.1 Å². The van der Waals surface area contributed by atoms with Gasteiger partial charge >= 0.3 is 0 Å². The highest BCUT2D eigenvalue weighted by Crippen LogP contribution is 2.26. The van der Waals surface area contributed by atoms with Crippen molar-refractivity contribution in [1.82, 2.24) is 10.3 Å². The van der Waals surface area contributed by atoms with Crippen molar-refractivity contribution in [3.8, 4) is 0 Å². The van der Waals surface area contributed by atoms with E-state index in [9.17, 15) is 9.90 Å². The molecule has 116 valence electrons. The molecule has 5 nitrogen and oxygen atoms in total. The largest absolute Gasteiger partial charge is 0.391 e. The van der Waals surface area contributed by atoms with Gasteiger partial charge in [-0.1, -0.05) is 34.8 Å². The normalized spacial score (nSPS) is 22.3. The van der Waals surface area contributed by atoms with E-state index in [4.69, 9.17) is 5.84 Å². The van der Waals surface area contributed by atoms with Gasteiger partial charge in [0.05, 0.1) is 6.10 Å². The lowest BCUT2D eigenvalue weighted by Crippen LogP contribution is -2.42. The first-order valence-corrected chi connectivity index (χ1v) is 8.00. The zero-order chi connectivity index (χ0) is 15.4. The predicted molar refractivity (Wildman–Crippen MR) is 85.5 cm³/mol. The Morgan fingerprint density at radius 1 is 1.48 bits per heavy atom. The van der Waals surface area contributed by atoms with E-state index in [0.29, 0.717) is 5.56 Å². The molecule has 0 bridgehead atoms. The van der Waals surface area contributed by atoms with Crippen LogP contribution >= 0.6 is 15.9 Å². The van der Waals surface area contributed by atoms with Gasteiger partial charge in [0.1, 0.15) is 0 Å². The Balaban J connectivity index is 2.06. The Morgan fingerprint density at radius 3 is 2.81 bits per heavy atom. The van der Waals surface area contributed by atoms with Crippen molar-refractivity contribution in [2.45, 2.75) is 44.4 Å². The molecule has 6 heteroatoms. The van der Waals surface area contributed by atoms with Gasteiger partial charge in [0.2, 0.25) is 0 Å². The second-order valence-corrected chi connectivity index (χ2v) is 6.47. The molecular formula is C15H22BrN3O2. The Bertz CT molecular complexity index is 510. The smallest absolute Gasteiger partial charge is 0.265 e. The number of nitrogens with one attached hydrogen (secondary N) is 1. The molecule has 1 aliphatic carbocycles. The number of aliphatic hydroxyl groups is 1. The van der Waals surface area contributed by atoms with Gasteiger partial charge in [0.15, 0.2) is 0 Å². The zero-order valence-electron chi connectivity index (χ0n) is 12.2. The van der Waals surface area contributed by atoms with Gasteiger partial charge in [-0.2, -0.15) is 0 Å². The molecule has 1 aromatic rings. The molecule has 2 rings (SSSR count). The molecule has 1 saturated carbocycles. The number of hydrogen-bond donors (Lipinski definition) is 3. The number of hydrogen-bond acceptors (Lipinski definition) is 4. The molecule has 0 spiro atoms. The number of amides is 1. The van der Waals surface area contributed by atoms with Crippen LogP contribution in [0.1, 0.15) is 41.6 Å². The predicted octanol–water partition coefficient (Wildman–Crippen LogP) is 1.79. The number of benzene rings is 1. The quantitative estimate of drug-likeness (QED) is 0.437. The Kier molecular flexibility index (Phi) is 5.75. The number of carbonyl (C=O) groups excluding carboxylic acids is 1. The van der Waals surface area contributed by atoms with E-state index in [1.165, 1.54) is 6.42 Å². The van der Waals surface area contributed by atoms with Gasteiger partial charge in [-0.05, 0) is 37.6 Å². The van der Waals surface area contributed by atoms with Gasteiger partial charge in [-0.3, -0.25) is 15.1 Å². The highest BCUT2D eigenvalue weighted by Gasteiger charge is 2.26. The summed E-state index contributed by atoms with van der Waals surface area (Å²) in [5.74, 6) is 4.83. The molecule has 0 heterocycles. The minimum Gasteiger partial charge on any atom is -0.391 e. The minimum absolute atomic E-state index is 0.206. The standard InChI is InChI=1S/C15H22BrN3O2/c1-19(13-4-2-3-5-14(13)20)9-11-7-6-10(8-12(11)16)15(21)18-17/h6-8,13-14,20H,2-5,9,17H2,1H3,(H,18,21). The molecule has 0 radical (unpaired) electrons. The average Bonchev–Trinajstić information content (AvgIpc) is 2.48. The molecule has 0 aliphatic heterocycles. The molecule has 1 fully saturated rings. The van der Waals surface area contributed by atoms with Crippen LogP contribution in [0, 0.1) is 0 Å². The second-order valence-electron chi connectivity index (χ2n) is 5.61. The summed E-state index contributed by atoms with van der Waals surface area (Å²) >= 11 is 3.50. The fourth-order valence-corrected chi connectivity index (χ4v) is 3.40. The van der Waals surface area contributed by atoms with Gasteiger partial charge < -0.3 is 5.11 Å². The Morgan fingerprint density at radius 2 is 2.19 bits per heavy atom. The van der Waals surface area contributed by atoms with Crippen molar-refractivity contribution in [2.75, 3.05) is 7.05 Å². The third kappa shape index (κ3) is 4.03. The molecule has 1 aliphatic rings. The maximum atomic E-state index is 11.5. The maximum Gasteiger partial charge on any atom is 0.265 e. The first-order valence-electron chi connectivity index (χ1n) is 7.20. The molecule has 1 amide bonds. The molecule has 1 aromatic carbocycles.